The van der Waals surface area contributed by atoms with Crippen LogP contribution in [0.15, 0.2) is 54.7 Å². The minimum atomic E-state index is -0.446. The van der Waals surface area contributed by atoms with Crippen LogP contribution in [0.2, 0.25) is 1.41 Å². The smallest absolute Gasteiger partial charge is 0.319 e. The molecule has 3 rings (SSSR count). The third-order valence-electron chi connectivity index (χ3n) is 3.19. The van der Waals surface area contributed by atoms with Crippen molar-refractivity contribution in [2.45, 2.75) is 6.42 Å². The van der Waals surface area contributed by atoms with Crippen molar-refractivity contribution in [3.8, 4) is 0 Å². The van der Waals surface area contributed by atoms with Gasteiger partial charge in [0.2, 0.25) is 0 Å². The molecule has 0 aliphatic heterocycles. The number of anilines is 1. The maximum Gasteiger partial charge on any atom is 0.319 e. The van der Waals surface area contributed by atoms with Crippen molar-refractivity contribution < 1.29 is 6.21 Å². The highest BCUT2D eigenvalue weighted by atomic mass is 16.2. The van der Waals surface area contributed by atoms with Crippen molar-refractivity contribution in [2.24, 2.45) is 0 Å². The zero-order valence-electron chi connectivity index (χ0n) is 12.4. The molecular formula is C16H16N4O. The summed E-state index contributed by atoms with van der Waals surface area (Å²) in [6.45, 7) is 0.492. The van der Waals surface area contributed by atoms with Gasteiger partial charge in [-0.2, -0.15) is 5.10 Å². The van der Waals surface area contributed by atoms with Crippen LogP contribution in [-0.4, -0.2) is 22.8 Å². The van der Waals surface area contributed by atoms with Gasteiger partial charge in [0.05, 0.1) is 11.7 Å². The van der Waals surface area contributed by atoms with Crippen LogP contribution in [0.25, 0.3) is 10.9 Å². The second kappa shape index (κ2) is 6.09. The van der Waals surface area contributed by atoms with Gasteiger partial charge in [-0.25, -0.2) is 4.79 Å². The molecular weight excluding hydrogens is 264 g/mol. The fraction of sp³-hybridized carbons (Fsp3) is 0.125. The molecule has 2 aromatic carbocycles. The number of fused-ring (bicyclic) bond motifs is 1. The predicted octanol–water partition coefficient (Wildman–Crippen LogP) is 2.93. The van der Waals surface area contributed by atoms with E-state index in [-0.39, 0.29) is 0 Å². The lowest BCUT2D eigenvalue weighted by atomic mass is 10.1. The molecule has 21 heavy (non-hydrogen) atoms. The Balaban J connectivity index is 1.59. The molecule has 3 N–H and O–H groups in total. The summed E-state index contributed by atoms with van der Waals surface area (Å²) >= 11 is 0. The van der Waals surface area contributed by atoms with Crippen LogP contribution in [0.1, 0.15) is 5.56 Å². The maximum absolute atomic E-state index is 12.0. The fourth-order valence-corrected chi connectivity index (χ4v) is 2.11. The first-order valence-electron chi connectivity index (χ1n) is 7.22. The summed E-state index contributed by atoms with van der Waals surface area (Å²) < 4.78 is 7.92. The zero-order chi connectivity index (χ0) is 15.4. The van der Waals surface area contributed by atoms with Crippen LogP contribution >= 0.6 is 0 Å². The van der Waals surface area contributed by atoms with Crippen molar-refractivity contribution in [2.75, 3.05) is 11.9 Å². The molecule has 3 aromatic rings. The van der Waals surface area contributed by atoms with E-state index >= 15 is 0 Å². The van der Waals surface area contributed by atoms with Gasteiger partial charge in [-0.05, 0) is 30.2 Å². The van der Waals surface area contributed by atoms with Crippen LogP contribution in [0.3, 0.4) is 0 Å². The molecule has 0 bridgehead atoms. The number of hydrogen-bond donors (Lipinski definition) is 3. The predicted molar refractivity (Wildman–Crippen MR) is 83.3 cm³/mol. The summed E-state index contributed by atoms with van der Waals surface area (Å²) in [7, 11) is 0. The normalized spacial score (nSPS) is 11.1. The van der Waals surface area contributed by atoms with Crippen molar-refractivity contribution in [1.82, 2.24) is 15.5 Å². The van der Waals surface area contributed by atoms with Crippen molar-refractivity contribution >= 4 is 22.6 Å². The number of rotatable bonds is 4. The van der Waals surface area contributed by atoms with Gasteiger partial charge in [0.25, 0.3) is 0 Å². The highest BCUT2D eigenvalue weighted by Gasteiger charge is 2.03. The second-order valence-corrected chi connectivity index (χ2v) is 4.72. The van der Waals surface area contributed by atoms with Crippen LogP contribution in [0.4, 0.5) is 10.5 Å². The third-order valence-corrected chi connectivity index (χ3v) is 3.19. The lowest BCUT2D eigenvalue weighted by Gasteiger charge is -2.07. The molecule has 0 aliphatic carbocycles. The SMILES string of the molecule is [2H]N(C(=O)NCCc1ccccc1)c1ccc2[nH]ncc2c1. The van der Waals surface area contributed by atoms with Crippen LogP contribution in [0.5, 0.6) is 0 Å². The average molecular weight is 281 g/mol. The van der Waals surface area contributed by atoms with Gasteiger partial charge in [0.15, 0.2) is 1.41 Å². The summed E-state index contributed by atoms with van der Waals surface area (Å²) in [6.07, 6.45) is 2.40. The lowest BCUT2D eigenvalue weighted by molar-refractivity contribution is 0.252. The quantitative estimate of drug-likeness (QED) is 0.688. The minimum Gasteiger partial charge on any atom is -0.338 e. The van der Waals surface area contributed by atoms with Gasteiger partial charge in [0.1, 0.15) is 0 Å². The average Bonchev–Trinajstić information content (AvgIpc) is 3.02. The first-order chi connectivity index (χ1) is 10.7. The van der Waals surface area contributed by atoms with E-state index in [1.54, 1.807) is 24.4 Å². The molecule has 0 saturated heterocycles. The Morgan fingerprint density at radius 3 is 2.95 bits per heavy atom. The monoisotopic (exact) mass is 281 g/mol. The third kappa shape index (κ3) is 3.39. The number of nitrogens with one attached hydrogen (secondary N) is 3. The van der Waals surface area contributed by atoms with E-state index in [9.17, 15) is 4.79 Å². The number of aromatic amines is 1. The van der Waals surface area contributed by atoms with Gasteiger partial charge in [-0.15, -0.1) is 0 Å². The molecule has 0 atom stereocenters. The molecule has 0 radical (unpaired) electrons. The van der Waals surface area contributed by atoms with E-state index in [1.807, 2.05) is 30.3 Å². The first kappa shape index (κ1) is 12.0. The molecule has 5 nitrogen and oxygen atoms in total. The molecule has 1 heterocycles. The molecule has 2 amide bonds. The highest BCUT2D eigenvalue weighted by molar-refractivity contribution is 5.92. The number of carbonyl (C=O) groups is 1. The van der Waals surface area contributed by atoms with E-state index in [4.69, 9.17) is 1.41 Å². The number of amides is 2. The van der Waals surface area contributed by atoms with Gasteiger partial charge in [0, 0.05) is 17.6 Å². The Hall–Kier alpha value is -2.82. The summed E-state index contributed by atoms with van der Waals surface area (Å²) in [5, 5.41) is 11.2. The molecule has 106 valence electrons. The number of benzene rings is 2. The number of nitrogens with zero attached hydrogens (tertiary/aromatic N) is 1. The van der Waals surface area contributed by atoms with Crippen molar-refractivity contribution in [3.05, 3.63) is 60.3 Å². The van der Waals surface area contributed by atoms with Gasteiger partial charge in [-0.3, -0.25) is 5.10 Å². The molecule has 0 aliphatic rings. The largest absolute Gasteiger partial charge is 0.338 e. The Morgan fingerprint density at radius 1 is 1.24 bits per heavy atom. The summed E-state index contributed by atoms with van der Waals surface area (Å²) in [5.74, 6) is 0. The van der Waals surface area contributed by atoms with E-state index in [0.29, 0.717) is 12.2 Å². The van der Waals surface area contributed by atoms with E-state index in [0.717, 1.165) is 28.2 Å². The van der Waals surface area contributed by atoms with E-state index in [2.05, 4.69) is 15.5 Å². The molecule has 0 saturated carbocycles. The Bertz CT molecular complexity index is 772. The Labute approximate surface area is 123 Å². The van der Waals surface area contributed by atoms with Crippen LogP contribution in [0, 0.1) is 0 Å². The number of aromatic nitrogens is 2. The molecule has 5 heteroatoms. The standard InChI is InChI=1S/C16H16N4O/c21-16(17-9-8-12-4-2-1-3-5-12)19-14-6-7-15-13(10-14)11-18-20-15/h1-7,10-11H,8-9H2,(H,18,20)(H2,17,19,21)/i/hD. The fourth-order valence-electron chi connectivity index (χ4n) is 2.11. The first-order valence-corrected chi connectivity index (χ1v) is 6.78. The van der Waals surface area contributed by atoms with Gasteiger partial charge in [-0.1, -0.05) is 30.3 Å². The lowest BCUT2D eigenvalue weighted by Crippen LogP contribution is -2.30. The van der Waals surface area contributed by atoms with Crippen LogP contribution in [-0.2, 0) is 6.42 Å². The highest BCUT2D eigenvalue weighted by Crippen LogP contribution is 2.16. The molecule has 0 spiro atoms. The number of hydrogen-bond acceptors (Lipinski definition) is 2. The zero-order valence-corrected chi connectivity index (χ0v) is 11.4. The second-order valence-electron chi connectivity index (χ2n) is 4.72. The van der Waals surface area contributed by atoms with E-state index in [1.165, 1.54) is 0 Å². The topological polar surface area (TPSA) is 69.8 Å². The molecule has 1 aromatic heterocycles. The molecule has 0 fully saturated rings. The molecule has 0 unspecified atom stereocenters. The Morgan fingerprint density at radius 2 is 2.10 bits per heavy atom. The number of H-pyrrole nitrogens is 1. The Kier molecular flexibility index (Phi) is 3.47. The van der Waals surface area contributed by atoms with E-state index < -0.39 is 6.03 Å². The summed E-state index contributed by atoms with van der Waals surface area (Å²) in [6, 6.07) is 14.7. The number of urea groups is 1. The van der Waals surface area contributed by atoms with Gasteiger partial charge < -0.3 is 10.6 Å². The minimum absolute atomic E-state index is 0.446. The summed E-state index contributed by atoms with van der Waals surface area (Å²) in [5.41, 5.74) is 2.53. The summed E-state index contributed by atoms with van der Waals surface area (Å²) in [4.78, 5) is 12.0. The number of carbonyl (C=O) groups excluding carboxylic acids is 1. The van der Waals surface area contributed by atoms with Crippen molar-refractivity contribution in [1.29, 1.82) is 0 Å². The van der Waals surface area contributed by atoms with Crippen molar-refractivity contribution in [3.63, 3.8) is 0 Å². The van der Waals surface area contributed by atoms with Gasteiger partial charge >= 0.3 is 6.03 Å². The van der Waals surface area contributed by atoms with Crippen LogP contribution < -0.4 is 10.6 Å². The maximum atomic E-state index is 12.0.